The highest BCUT2D eigenvalue weighted by Crippen LogP contribution is 2.17. The van der Waals surface area contributed by atoms with Gasteiger partial charge in [-0.3, -0.25) is 4.57 Å². The van der Waals surface area contributed by atoms with E-state index in [0.29, 0.717) is 18.2 Å². The van der Waals surface area contributed by atoms with Crippen molar-refractivity contribution in [3.05, 3.63) is 38.5 Å². The number of halogens is 1. The molecule has 0 N–H and O–H groups in total. The Bertz CT molecular complexity index is 674. The molecule has 6 nitrogen and oxygen atoms in total. The first-order valence-corrected chi connectivity index (χ1v) is 7.29. The van der Waals surface area contributed by atoms with Crippen LogP contribution in [0.15, 0.2) is 15.6 Å². The molecule has 108 valence electrons. The van der Waals surface area contributed by atoms with Gasteiger partial charge >= 0.3 is 5.69 Å². The largest absolute Gasteiger partial charge is 0.348 e. The van der Waals surface area contributed by atoms with E-state index in [1.54, 1.807) is 4.57 Å². The fourth-order valence-electron chi connectivity index (χ4n) is 2.01. The van der Waals surface area contributed by atoms with Crippen LogP contribution in [0.4, 0.5) is 0 Å². The zero-order valence-electron chi connectivity index (χ0n) is 12.1. The lowest BCUT2D eigenvalue weighted by molar-refractivity contribution is 0.457. The number of rotatable bonds is 4. The summed E-state index contributed by atoms with van der Waals surface area (Å²) >= 11 is 3.46. The zero-order chi connectivity index (χ0) is 14.9. The molecule has 0 saturated heterocycles. The second-order valence-corrected chi connectivity index (χ2v) is 6.01. The van der Waals surface area contributed by atoms with E-state index >= 15 is 0 Å². The zero-order valence-corrected chi connectivity index (χ0v) is 13.7. The van der Waals surface area contributed by atoms with Crippen molar-refractivity contribution in [1.29, 1.82) is 0 Å². The molecule has 0 radical (unpaired) electrons. The van der Waals surface area contributed by atoms with Gasteiger partial charge in [-0.1, -0.05) is 13.8 Å². The Balaban J connectivity index is 2.39. The van der Waals surface area contributed by atoms with Gasteiger partial charge in [0.05, 0.1) is 16.7 Å². The highest BCUT2D eigenvalue weighted by molar-refractivity contribution is 9.10. The fourth-order valence-corrected chi connectivity index (χ4v) is 2.32. The molecule has 0 fully saturated rings. The summed E-state index contributed by atoms with van der Waals surface area (Å²) in [6.45, 7) is 9.10. The predicted octanol–water partition coefficient (Wildman–Crippen LogP) is 1.92. The molecule has 0 amide bonds. The minimum atomic E-state index is -0.262. The van der Waals surface area contributed by atoms with Crippen LogP contribution in [0.25, 0.3) is 0 Å². The van der Waals surface area contributed by atoms with E-state index in [1.165, 1.54) is 6.33 Å². The maximum absolute atomic E-state index is 12.0. The molecule has 20 heavy (non-hydrogen) atoms. The van der Waals surface area contributed by atoms with Crippen molar-refractivity contribution in [1.82, 2.24) is 24.3 Å². The fraction of sp³-hybridized carbons (Fsp3) is 0.538. The summed E-state index contributed by atoms with van der Waals surface area (Å²) in [6.07, 6.45) is 1.52. The summed E-state index contributed by atoms with van der Waals surface area (Å²) in [5, 5.41) is 4.21. The smallest absolute Gasteiger partial charge is 0.288 e. The van der Waals surface area contributed by atoms with Gasteiger partial charge in [-0.05, 0) is 35.7 Å². The molecule has 0 aliphatic heterocycles. The predicted molar refractivity (Wildman–Crippen MR) is 79.6 cm³/mol. The average Bonchev–Trinajstić information content (AvgIpc) is 2.78. The van der Waals surface area contributed by atoms with Crippen LogP contribution in [0.2, 0.25) is 0 Å². The van der Waals surface area contributed by atoms with Gasteiger partial charge in [-0.2, -0.15) is 10.1 Å². The van der Waals surface area contributed by atoms with E-state index in [9.17, 15) is 4.79 Å². The molecule has 2 aromatic heterocycles. The van der Waals surface area contributed by atoms with Crippen molar-refractivity contribution in [3.63, 3.8) is 0 Å². The van der Waals surface area contributed by atoms with Gasteiger partial charge in [0.25, 0.3) is 0 Å². The monoisotopic (exact) mass is 339 g/mol. The van der Waals surface area contributed by atoms with E-state index in [1.807, 2.05) is 18.5 Å². The minimum absolute atomic E-state index is 0.262. The van der Waals surface area contributed by atoms with Crippen molar-refractivity contribution in [2.75, 3.05) is 0 Å². The van der Waals surface area contributed by atoms with Crippen LogP contribution in [-0.2, 0) is 13.1 Å². The summed E-state index contributed by atoms with van der Waals surface area (Å²) in [5.74, 6) is 1.23. The summed E-state index contributed by atoms with van der Waals surface area (Å²) in [5.41, 5.74) is 1.29. The third kappa shape index (κ3) is 2.98. The standard InChI is InChI=1S/C13H18BrN5O/c1-8(2)5-19-11(15-7-16-19)6-18-10(4)12(14)9(3)17-13(18)20/h7-8H,5-6H2,1-4H3. The Labute approximate surface area is 126 Å². The van der Waals surface area contributed by atoms with Crippen LogP contribution in [-0.4, -0.2) is 24.3 Å². The van der Waals surface area contributed by atoms with E-state index in [2.05, 4.69) is 44.8 Å². The second kappa shape index (κ2) is 5.87. The molecule has 0 aliphatic rings. The minimum Gasteiger partial charge on any atom is -0.288 e. The highest BCUT2D eigenvalue weighted by Gasteiger charge is 2.13. The Morgan fingerprint density at radius 2 is 2.05 bits per heavy atom. The lowest BCUT2D eigenvalue weighted by Crippen LogP contribution is -2.28. The molecular weight excluding hydrogens is 322 g/mol. The van der Waals surface area contributed by atoms with Crippen molar-refractivity contribution in [2.45, 2.75) is 40.8 Å². The lowest BCUT2D eigenvalue weighted by Gasteiger charge is -2.13. The molecule has 7 heteroatoms. The SMILES string of the molecule is Cc1nc(=O)n(Cc2ncnn2CC(C)C)c(C)c1Br. The van der Waals surface area contributed by atoms with Gasteiger partial charge in [0.15, 0.2) is 0 Å². The molecule has 2 rings (SSSR count). The number of hydrogen-bond acceptors (Lipinski definition) is 4. The quantitative estimate of drug-likeness (QED) is 0.853. The number of hydrogen-bond donors (Lipinski definition) is 0. The van der Waals surface area contributed by atoms with E-state index < -0.39 is 0 Å². The number of aryl methyl sites for hydroxylation is 1. The van der Waals surface area contributed by atoms with Gasteiger partial charge < -0.3 is 0 Å². The van der Waals surface area contributed by atoms with Gasteiger partial charge in [-0.25, -0.2) is 14.5 Å². The van der Waals surface area contributed by atoms with E-state index in [0.717, 1.165) is 22.5 Å². The lowest BCUT2D eigenvalue weighted by atomic mass is 10.2. The first-order valence-electron chi connectivity index (χ1n) is 6.50. The summed E-state index contributed by atoms with van der Waals surface area (Å²) in [7, 11) is 0. The molecular formula is C13H18BrN5O. The van der Waals surface area contributed by atoms with Gasteiger partial charge in [0, 0.05) is 12.2 Å². The van der Waals surface area contributed by atoms with Crippen LogP contribution in [0.1, 0.15) is 31.1 Å². The highest BCUT2D eigenvalue weighted by atomic mass is 79.9. The normalized spacial score (nSPS) is 11.3. The van der Waals surface area contributed by atoms with Crippen molar-refractivity contribution in [3.8, 4) is 0 Å². The molecule has 0 atom stereocenters. The molecule has 0 bridgehead atoms. The second-order valence-electron chi connectivity index (χ2n) is 5.22. The molecule has 0 aliphatic carbocycles. The molecule has 2 heterocycles. The number of nitrogens with zero attached hydrogens (tertiary/aromatic N) is 5. The maximum atomic E-state index is 12.0. The molecule has 0 saturated carbocycles. The Morgan fingerprint density at radius 3 is 2.70 bits per heavy atom. The Morgan fingerprint density at radius 1 is 1.35 bits per heavy atom. The van der Waals surface area contributed by atoms with E-state index in [4.69, 9.17) is 0 Å². The van der Waals surface area contributed by atoms with Crippen LogP contribution in [0.5, 0.6) is 0 Å². The topological polar surface area (TPSA) is 65.6 Å². The molecule has 0 spiro atoms. The number of aromatic nitrogens is 5. The maximum Gasteiger partial charge on any atom is 0.348 e. The van der Waals surface area contributed by atoms with E-state index in [-0.39, 0.29) is 5.69 Å². The van der Waals surface area contributed by atoms with Gasteiger partial charge in [0.2, 0.25) is 0 Å². The van der Waals surface area contributed by atoms with Gasteiger partial charge in [-0.15, -0.1) is 0 Å². The van der Waals surface area contributed by atoms with Crippen molar-refractivity contribution < 1.29 is 0 Å². The van der Waals surface area contributed by atoms with Crippen LogP contribution >= 0.6 is 15.9 Å². The molecule has 0 aromatic carbocycles. The average molecular weight is 340 g/mol. The van der Waals surface area contributed by atoms with Crippen molar-refractivity contribution >= 4 is 15.9 Å². The summed E-state index contributed by atoms with van der Waals surface area (Å²) in [4.78, 5) is 20.3. The van der Waals surface area contributed by atoms with Crippen molar-refractivity contribution in [2.24, 2.45) is 5.92 Å². The first-order chi connectivity index (χ1) is 9.40. The Hall–Kier alpha value is -1.50. The first kappa shape index (κ1) is 14.9. The Kier molecular flexibility index (Phi) is 4.37. The molecule has 2 aromatic rings. The van der Waals surface area contributed by atoms with Crippen LogP contribution in [0.3, 0.4) is 0 Å². The van der Waals surface area contributed by atoms with Gasteiger partial charge in [0.1, 0.15) is 12.2 Å². The molecule has 0 unspecified atom stereocenters. The summed E-state index contributed by atoms with van der Waals surface area (Å²) < 4.78 is 4.30. The third-order valence-corrected chi connectivity index (χ3v) is 4.22. The third-order valence-electron chi connectivity index (χ3n) is 3.07. The van der Waals surface area contributed by atoms with Crippen LogP contribution < -0.4 is 5.69 Å². The summed E-state index contributed by atoms with van der Waals surface area (Å²) in [6, 6.07) is 0. The van der Waals surface area contributed by atoms with Crippen LogP contribution in [0, 0.1) is 19.8 Å².